The lowest BCUT2D eigenvalue weighted by atomic mass is 10.3. The van der Waals surface area contributed by atoms with Crippen molar-refractivity contribution in [3.05, 3.63) is 28.2 Å². The maximum atomic E-state index is 12.2. The van der Waals surface area contributed by atoms with Crippen LogP contribution < -0.4 is 4.90 Å². The van der Waals surface area contributed by atoms with Crippen LogP contribution in [-0.4, -0.2) is 29.3 Å². The van der Waals surface area contributed by atoms with Crippen LogP contribution in [0.5, 0.6) is 0 Å². The monoisotopic (exact) mass is 314 g/mol. The fraction of sp³-hybridized carbons (Fsp3) is 0.308. The van der Waals surface area contributed by atoms with E-state index in [4.69, 9.17) is 23.2 Å². The van der Waals surface area contributed by atoms with Crippen molar-refractivity contribution in [3.8, 4) is 0 Å². The van der Waals surface area contributed by atoms with Crippen molar-refractivity contribution in [1.82, 2.24) is 4.90 Å². The molecular formula is C13H12Cl2N2O3. The summed E-state index contributed by atoms with van der Waals surface area (Å²) in [4.78, 5) is 37.8. The lowest BCUT2D eigenvalue weighted by Crippen LogP contribution is -2.36. The molecule has 1 fully saturated rings. The van der Waals surface area contributed by atoms with Crippen molar-refractivity contribution < 1.29 is 14.4 Å². The van der Waals surface area contributed by atoms with Gasteiger partial charge in [-0.2, -0.15) is 0 Å². The Morgan fingerprint density at radius 2 is 1.80 bits per heavy atom. The van der Waals surface area contributed by atoms with E-state index in [1.165, 1.54) is 18.2 Å². The van der Waals surface area contributed by atoms with Crippen molar-refractivity contribution in [2.24, 2.45) is 0 Å². The molecule has 0 spiro atoms. The zero-order valence-electron chi connectivity index (χ0n) is 10.7. The number of amides is 4. The smallest absolute Gasteiger partial charge is 0.274 e. The molecule has 5 nitrogen and oxygen atoms in total. The Morgan fingerprint density at radius 3 is 2.35 bits per heavy atom. The van der Waals surface area contributed by atoms with Gasteiger partial charge in [-0.05, 0) is 24.6 Å². The highest BCUT2D eigenvalue weighted by Gasteiger charge is 2.40. The Morgan fingerprint density at radius 1 is 1.20 bits per heavy atom. The van der Waals surface area contributed by atoms with E-state index in [-0.39, 0.29) is 24.6 Å². The quantitative estimate of drug-likeness (QED) is 0.805. The SMILES string of the molecule is CCCC(=O)N1CC(=O)N(c2cc(Cl)cc(Cl)c2)C1=O. The number of halogens is 2. The van der Waals surface area contributed by atoms with Crippen molar-refractivity contribution in [1.29, 1.82) is 0 Å². The van der Waals surface area contributed by atoms with Crippen LogP contribution in [0.4, 0.5) is 10.5 Å². The summed E-state index contributed by atoms with van der Waals surface area (Å²) >= 11 is 11.7. The number of urea groups is 1. The molecule has 0 N–H and O–H groups in total. The molecule has 0 aromatic heterocycles. The van der Waals surface area contributed by atoms with Gasteiger partial charge >= 0.3 is 6.03 Å². The molecule has 1 aliphatic heterocycles. The number of carbonyl (C=O) groups excluding carboxylic acids is 3. The van der Waals surface area contributed by atoms with Crippen LogP contribution >= 0.6 is 23.2 Å². The predicted molar refractivity (Wildman–Crippen MR) is 76.0 cm³/mol. The van der Waals surface area contributed by atoms with Crippen molar-refractivity contribution in [2.45, 2.75) is 19.8 Å². The van der Waals surface area contributed by atoms with Crippen LogP contribution in [0.25, 0.3) is 0 Å². The molecule has 1 saturated heterocycles. The van der Waals surface area contributed by atoms with E-state index >= 15 is 0 Å². The molecule has 1 aliphatic rings. The minimum absolute atomic E-state index is 0.225. The van der Waals surface area contributed by atoms with Gasteiger partial charge < -0.3 is 0 Å². The number of hydrogen-bond donors (Lipinski definition) is 0. The molecule has 1 aromatic carbocycles. The number of rotatable bonds is 3. The molecule has 0 bridgehead atoms. The summed E-state index contributed by atoms with van der Waals surface area (Å²) in [7, 11) is 0. The topological polar surface area (TPSA) is 57.7 Å². The lowest BCUT2D eigenvalue weighted by Gasteiger charge is -2.16. The highest BCUT2D eigenvalue weighted by atomic mass is 35.5. The lowest BCUT2D eigenvalue weighted by molar-refractivity contribution is -0.129. The Balaban J connectivity index is 2.31. The van der Waals surface area contributed by atoms with Gasteiger partial charge in [0.05, 0.1) is 5.69 Å². The Labute approximate surface area is 126 Å². The van der Waals surface area contributed by atoms with Crippen molar-refractivity contribution in [2.75, 3.05) is 11.4 Å². The summed E-state index contributed by atoms with van der Waals surface area (Å²) in [5.74, 6) is -0.834. The molecule has 2 rings (SSSR count). The van der Waals surface area contributed by atoms with Gasteiger partial charge in [-0.25, -0.2) is 9.69 Å². The van der Waals surface area contributed by atoms with Crippen LogP contribution in [0.3, 0.4) is 0 Å². The average Bonchev–Trinajstić information content (AvgIpc) is 2.64. The summed E-state index contributed by atoms with van der Waals surface area (Å²) in [5, 5.41) is 0.623. The fourth-order valence-corrected chi connectivity index (χ4v) is 2.48. The number of carbonyl (C=O) groups is 3. The third-order valence-corrected chi connectivity index (χ3v) is 3.27. The van der Waals surface area contributed by atoms with E-state index in [0.717, 1.165) is 9.80 Å². The number of nitrogens with zero attached hydrogens (tertiary/aromatic N) is 2. The third kappa shape index (κ3) is 2.78. The van der Waals surface area contributed by atoms with E-state index in [1.54, 1.807) is 0 Å². The van der Waals surface area contributed by atoms with Gasteiger partial charge in [-0.1, -0.05) is 30.1 Å². The molecule has 1 heterocycles. The van der Waals surface area contributed by atoms with Gasteiger partial charge in [0.25, 0.3) is 5.91 Å². The summed E-state index contributed by atoms with van der Waals surface area (Å²) in [6.45, 7) is 1.58. The van der Waals surface area contributed by atoms with Gasteiger partial charge in [0.2, 0.25) is 5.91 Å². The maximum absolute atomic E-state index is 12.2. The van der Waals surface area contributed by atoms with Gasteiger partial charge in [0.1, 0.15) is 6.54 Å². The molecule has 106 valence electrons. The average molecular weight is 315 g/mol. The van der Waals surface area contributed by atoms with Gasteiger partial charge in [-0.3, -0.25) is 14.5 Å². The first-order valence-corrected chi connectivity index (χ1v) is 6.83. The Kier molecular flexibility index (Phi) is 4.30. The largest absolute Gasteiger partial charge is 0.338 e. The van der Waals surface area contributed by atoms with Crippen LogP contribution in [0.1, 0.15) is 19.8 Å². The summed E-state index contributed by atoms with van der Waals surface area (Å²) < 4.78 is 0. The number of anilines is 1. The Bertz CT molecular complexity index is 569. The molecule has 0 aliphatic carbocycles. The standard InChI is InChI=1S/C13H12Cl2N2O3/c1-2-3-11(18)16-7-12(19)17(13(16)20)10-5-8(14)4-9(15)6-10/h4-6H,2-3,7H2,1H3. The first-order valence-electron chi connectivity index (χ1n) is 6.07. The number of benzene rings is 1. The molecule has 0 atom stereocenters. The van der Waals surface area contributed by atoms with Crippen molar-refractivity contribution in [3.63, 3.8) is 0 Å². The normalized spacial score (nSPS) is 15.2. The molecule has 4 amide bonds. The fourth-order valence-electron chi connectivity index (χ4n) is 1.97. The zero-order valence-corrected chi connectivity index (χ0v) is 12.2. The van der Waals surface area contributed by atoms with E-state index in [1.807, 2.05) is 6.92 Å². The predicted octanol–water partition coefficient (Wildman–Crippen LogP) is 3.09. The number of hydrogen-bond acceptors (Lipinski definition) is 3. The van der Waals surface area contributed by atoms with E-state index in [0.29, 0.717) is 16.5 Å². The van der Waals surface area contributed by atoms with Crippen LogP contribution in [0.2, 0.25) is 10.0 Å². The van der Waals surface area contributed by atoms with Crippen LogP contribution in [0, 0.1) is 0 Å². The molecule has 1 aromatic rings. The second-order valence-electron chi connectivity index (χ2n) is 4.37. The van der Waals surface area contributed by atoms with E-state index < -0.39 is 11.9 Å². The summed E-state index contributed by atoms with van der Waals surface area (Å²) in [6, 6.07) is 3.75. The second kappa shape index (κ2) is 5.81. The van der Waals surface area contributed by atoms with Crippen molar-refractivity contribution >= 4 is 46.7 Å². The highest BCUT2D eigenvalue weighted by molar-refractivity contribution is 6.35. The summed E-state index contributed by atoms with van der Waals surface area (Å²) in [6.07, 6.45) is 0.836. The molecule has 0 radical (unpaired) electrons. The minimum atomic E-state index is -0.660. The second-order valence-corrected chi connectivity index (χ2v) is 5.24. The van der Waals surface area contributed by atoms with E-state index in [2.05, 4.69) is 0 Å². The maximum Gasteiger partial charge on any atom is 0.338 e. The molecule has 20 heavy (non-hydrogen) atoms. The van der Waals surface area contributed by atoms with Gasteiger partial charge in [-0.15, -0.1) is 0 Å². The third-order valence-electron chi connectivity index (χ3n) is 2.84. The van der Waals surface area contributed by atoms with Gasteiger partial charge in [0, 0.05) is 16.5 Å². The van der Waals surface area contributed by atoms with Crippen LogP contribution in [0.15, 0.2) is 18.2 Å². The molecule has 7 heteroatoms. The molecule has 0 unspecified atom stereocenters. The molecular weight excluding hydrogens is 303 g/mol. The first kappa shape index (κ1) is 14.8. The number of imide groups is 2. The van der Waals surface area contributed by atoms with Crippen LogP contribution in [-0.2, 0) is 9.59 Å². The van der Waals surface area contributed by atoms with Gasteiger partial charge in [0.15, 0.2) is 0 Å². The minimum Gasteiger partial charge on any atom is -0.274 e. The Hall–Kier alpha value is -1.59. The zero-order chi connectivity index (χ0) is 14.9. The summed E-state index contributed by atoms with van der Waals surface area (Å²) in [5.41, 5.74) is 0.268. The van der Waals surface area contributed by atoms with E-state index in [9.17, 15) is 14.4 Å². The first-order chi connectivity index (χ1) is 9.43. The highest BCUT2D eigenvalue weighted by Crippen LogP contribution is 2.28. The molecule has 0 saturated carbocycles.